The normalized spacial score (nSPS) is 13.1. The molecule has 1 aliphatic heterocycles. The Bertz CT molecular complexity index is 3540. The average molecular weight is 1180 g/mol. The van der Waals surface area contributed by atoms with Crippen molar-refractivity contribution < 1.29 is 25.8 Å². The van der Waals surface area contributed by atoms with Crippen molar-refractivity contribution in [3.8, 4) is 28.4 Å². The Morgan fingerprint density at radius 1 is 0.513 bits per heavy atom. The molecule has 7 aromatic carbocycles. The monoisotopic (exact) mass is 1180 g/mol. The molecule has 6 heteroatoms. The molecule has 0 radical (unpaired) electrons. The summed E-state index contributed by atoms with van der Waals surface area (Å²) in [5, 5.41) is 2.23. The van der Waals surface area contributed by atoms with Crippen LogP contribution in [0.25, 0.3) is 38.8 Å². The van der Waals surface area contributed by atoms with Gasteiger partial charge in [0.25, 0.3) is 0 Å². The molecule has 0 bridgehead atoms. The minimum absolute atomic E-state index is 0. The molecular formula is C70H76N4OPt. The SMILES string of the molecule is CC(C)c1cccc(C(C)C)c1-c1ccc2c(c1)N(c1[c-]c(Oc3[c-]c4c(cc3)c3ccccc3n4-c3cc(C(C)(C)C)ccn3)cc(C(C)(C)C)c1)[CH-]N2c1cc(C(C)(C)C)cc(C(C)(C)c2ccccc2)c1.[CH3-].[Pt+4]. The molecule has 9 aromatic rings. The van der Waals surface area contributed by atoms with Crippen molar-refractivity contribution >= 4 is 44.6 Å². The van der Waals surface area contributed by atoms with Crippen LogP contribution in [0, 0.1) is 26.2 Å². The van der Waals surface area contributed by atoms with Crippen LogP contribution in [0.4, 0.5) is 22.7 Å². The predicted molar refractivity (Wildman–Crippen MR) is 319 cm³/mol. The number of anilines is 4. The third kappa shape index (κ3) is 10.5. The molecule has 3 heterocycles. The van der Waals surface area contributed by atoms with Crippen LogP contribution in [0.3, 0.4) is 0 Å². The van der Waals surface area contributed by atoms with Gasteiger partial charge in [0, 0.05) is 45.7 Å². The Morgan fingerprint density at radius 2 is 1.14 bits per heavy atom. The number of benzene rings is 7. The minimum atomic E-state index is -0.250. The van der Waals surface area contributed by atoms with Gasteiger partial charge in [0.2, 0.25) is 0 Å². The van der Waals surface area contributed by atoms with Gasteiger partial charge in [0.15, 0.2) is 0 Å². The van der Waals surface area contributed by atoms with E-state index < -0.39 is 0 Å². The quantitative estimate of drug-likeness (QED) is 0.128. The van der Waals surface area contributed by atoms with Gasteiger partial charge in [-0.1, -0.05) is 188 Å². The zero-order chi connectivity index (χ0) is 52.6. The van der Waals surface area contributed by atoms with Crippen LogP contribution < -0.4 is 14.5 Å². The van der Waals surface area contributed by atoms with E-state index in [9.17, 15) is 0 Å². The van der Waals surface area contributed by atoms with E-state index in [1.54, 1.807) is 0 Å². The van der Waals surface area contributed by atoms with E-state index in [0.717, 1.165) is 55.9 Å². The maximum absolute atomic E-state index is 7.01. The van der Waals surface area contributed by atoms with Crippen LogP contribution in [0.1, 0.15) is 155 Å². The number of fused-ring (bicyclic) bond motifs is 4. The smallest absolute Gasteiger partial charge is 0.509 e. The largest absolute Gasteiger partial charge is 4.00 e. The number of pyridine rings is 1. The molecule has 5 nitrogen and oxygen atoms in total. The summed E-state index contributed by atoms with van der Waals surface area (Å²) < 4.78 is 9.23. The summed E-state index contributed by atoms with van der Waals surface area (Å²) in [4.78, 5) is 9.65. The molecule has 0 saturated heterocycles. The molecule has 0 atom stereocenters. The van der Waals surface area contributed by atoms with E-state index >= 15 is 0 Å². The Kier molecular flexibility index (Phi) is 15.3. The van der Waals surface area contributed by atoms with Crippen molar-refractivity contribution in [3.05, 3.63) is 217 Å². The predicted octanol–water partition coefficient (Wildman–Crippen LogP) is 19.6. The minimum Gasteiger partial charge on any atom is -0.509 e. The van der Waals surface area contributed by atoms with Gasteiger partial charge in [-0.25, -0.2) is 4.98 Å². The van der Waals surface area contributed by atoms with Crippen LogP contribution in [0.15, 0.2) is 152 Å². The maximum atomic E-state index is 7.01. The summed E-state index contributed by atoms with van der Waals surface area (Å²) in [5.74, 6) is 2.78. The zero-order valence-corrected chi connectivity index (χ0v) is 50.0. The maximum Gasteiger partial charge on any atom is 4.00 e. The summed E-state index contributed by atoms with van der Waals surface area (Å²) in [7, 11) is 0. The Labute approximate surface area is 469 Å². The van der Waals surface area contributed by atoms with Crippen LogP contribution in [-0.4, -0.2) is 9.55 Å². The van der Waals surface area contributed by atoms with Crippen LogP contribution in [-0.2, 0) is 42.7 Å². The van der Waals surface area contributed by atoms with E-state index in [1.165, 1.54) is 44.5 Å². The third-order valence-corrected chi connectivity index (χ3v) is 15.2. The van der Waals surface area contributed by atoms with Gasteiger partial charge >= 0.3 is 21.1 Å². The van der Waals surface area contributed by atoms with Gasteiger partial charge in [-0.15, -0.1) is 53.6 Å². The summed E-state index contributed by atoms with van der Waals surface area (Å²) in [6, 6.07) is 61.0. The molecule has 0 saturated carbocycles. The molecule has 2 aromatic heterocycles. The molecule has 392 valence electrons. The number of aromatic nitrogens is 2. The number of rotatable bonds is 10. The van der Waals surface area contributed by atoms with Gasteiger partial charge in [0.1, 0.15) is 5.82 Å². The fraction of sp³-hybridized carbons (Fsp3) is 0.300. The zero-order valence-electron chi connectivity index (χ0n) is 47.7. The molecule has 76 heavy (non-hydrogen) atoms. The van der Waals surface area contributed by atoms with Crippen molar-refractivity contribution in [3.63, 3.8) is 0 Å². The second-order valence-corrected chi connectivity index (χ2v) is 24.8. The first-order valence-electron chi connectivity index (χ1n) is 26.6. The topological polar surface area (TPSA) is 33.5 Å². The van der Waals surface area contributed by atoms with Gasteiger partial charge < -0.3 is 26.5 Å². The summed E-state index contributed by atoms with van der Waals surface area (Å²) >= 11 is 0. The van der Waals surface area contributed by atoms with E-state index in [1.807, 2.05) is 12.3 Å². The molecule has 10 rings (SSSR count). The number of hydrogen-bond donors (Lipinski definition) is 0. The van der Waals surface area contributed by atoms with Crippen molar-refractivity contribution in [2.24, 2.45) is 0 Å². The Balaban J connectivity index is 0.00000383. The van der Waals surface area contributed by atoms with E-state index in [-0.39, 0.29) is 50.2 Å². The molecule has 0 N–H and O–H groups in total. The van der Waals surface area contributed by atoms with Gasteiger partial charge in [-0.3, -0.25) is 0 Å². The second-order valence-electron chi connectivity index (χ2n) is 24.8. The first-order valence-corrected chi connectivity index (χ1v) is 26.6. The van der Waals surface area contributed by atoms with Crippen molar-refractivity contribution in [2.75, 3.05) is 9.80 Å². The first kappa shape index (κ1) is 55.8. The van der Waals surface area contributed by atoms with Crippen LogP contribution in [0.5, 0.6) is 11.5 Å². The number of para-hydroxylation sites is 1. The van der Waals surface area contributed by atoms with E-state index in [4.69, 9.17) is 9.72 Å². The van der Waals surface area contributed by atoms with Crippen molar-refractivity contribution in [1.82, 2.24) is 9.55 Å². The molecule has 0 spiro atoms. The fourth-order valence-corrected chi connectivity index (χ4v) is 10.6. The number of nitrogens with zero attached hydrogens (tertiary/aromatic N) is 4. The summed E-state index contributed by atoms with van der Waals surface area (Å²) in [6.07, 6.45) is 1.92. The number of ether oxygens (including phenoxy) is 1. The second kappa shape index (κ2) is 20.8. The summed E-state index contributed by atoms with van der Waals surface area (Å²) in [6.45, 7) is 36.6. The van der Waals surface area contributed by atoms with Gasteiger partial charge in [0.05, 0.1) is 0 Å². The molecule has 0 unspecified atom stereocenters. The molecular weight excluding hydrogens is 1110 g/mol. The van der Waals surface area contributed by atoms with E-state index in [2.05, 4.69) is 277 Å². The van der Waals surface area contributed by atoms with E-state index in [0.29, 0.717) is 23.3 Å². The fourth-order valence-electron chi connectivity index (χ4n) is 10.6. The molecule has 0 aliphatic carbocycles. The average Bonchev–Trinajstić information content (AvgIpc) is 3.95. The van der Waals surface area contributed by atoms with Gasteiger partial charge in [-0.05, 0) is 120 Å². The first-order chi connectivity index (χ1) is 35.0. The number of hydrogen-bond acceptors (Lipinski definition) is 4. The molecule has 0 fully saturated rings. The Hall–Kier alpha value is -6.42. The van der Waals surface area contributed by atoms with Gasteiger partial charge in [-0.2, -0.15) is 6.07 Å². The van der Waals surface area contributed by atoms with Crippen molar-refractivity contribution in [1.29, 1.82) is 0 Å². The molecule has 1 aliphatic rings. The van der Waals surface area contributed by atoms with Crippen molar-refractivity contribution in [2.45, 2.75) is 137 Å². The Morgan fingerprint density at radius 3 is 1.80 bits per heavy atom. The van der Waals surface area contributed by atoms with Crippen LogP contribution in [0.2, 0.25) is 0 Å². The molecule has 0 amide bonds. The van der Waals surface area contributed by atoms with Crippen LogP contribution >= 0.6 is 0 Å². The summed E-state index contributed by atoms with van der Waals surface area (Å²) in [5.41, 5.74) is 17.0. The standard InChI is InChI=1S/C69H73N4O.CH3.Pt/c1-44(2)56-25-21-26-57(45(3)4)65(56)46-28-31-61-63(34-46)72(43-71(61)52-36-49(67(8,9)10)35-51(38-52)69(14,15)47-22-17-16-18-23-47)53-37-50(68(11,12)13)39-55(41-53)74-54-29-30-59-58-24-19-20-27-60(58)73(62(59)42-54)64-40-48(32-33-70-64)66(5,6)7;;/h16-40,43-45H,1-15H3;1H3;/q-3;-1;+4. The third-order valence-electron chi connectivity index (χ3n) is 15.2.